The zero-order valence-electron chi connectivity index (χ0n) is 16.6. The summed E-state index contributed by atoms with van der Waals surface area (Å²) in [6, 6.07) is 9.42. The number of carbonyl (C=O) groups excluding carboxylic acids is 2. The van der Waals surface area contributed by atoms with Crippen molar-refractivity contribution in [3.05, 3.63) is 35.9 Å². The van der Waals surface area contributed by atoms with E-state index in [1.807, 2.05) is 30.3 Å². The van der Waals surface area contributed by atoms with Gasteiger partial charge in [0.25, 0.3) is 5.91 Å². The number of rotatable bonds is 5. The van der Waals surface area contributed by atoms with Crippen molar-refractivity contribution in [3.63, 3.8) is 0 Å². The topological polar surface area (TPSA) is 61.9 Å². The van der Waals surface area contributed by atoms with Crippen LogP contribution in [0.25, 0.3) is 0 Å². The second-order valence-electron chi connectivity index (χ2n) is 8.01. The number of nitrogens with one attached hydrogen (secondary N) is 1. The molecule has 1 heterocycles. The molecule has 27 heavy (non-hydrogen) atoms. The van der Waals surface area contributed by atoms with Gasteiger partial charge in [-0.2, -0.15) is 0 Å². The Kier molecular flexibility index (Phi) is 6.50. The molecule has 1 aliphatic heterocycles. The summed E-state index contributed by atoms with van der Waals surface area (Å²) in [5, 5.41) is 3.25. The van der Waals surface area contributed by atoms with Gasteiger partial charge in [0.05, 0.1) is 6.04 Å². The first-order valence-electron chi connectivity index (χ1n) is 9.84. The molecule has 148 valence electrons. The summed E-state index contributed by atoms with van der Waals surface area (Å²) in [6.45, 7) is 0.917. The average Bonchev–Trinajstić information content (AvgIpc) is 2.65. The lowest BCUT2D eigenvalue weighted by Crippen LogP contribution is -2.56. The van der Waals surface area contributed by atoms with Crippen LogP contribution in [0, 0.1) is 5.92 Å². The minimum Gasteiger partial charge on any atom is -0.356 e. The van der Waals surface area contributed by atoms with E-state index in [1.165, 1.54) is 6.42 Å². The molecule has 2 aliphatic rings. The van der Waals surface area contributed by atoms with E-state index in [-0.39, 0.29) is 24.5 Å². The molecule has 1 N–H and O–H groups in total. The van der Waals surface area contributed by atoms with E-state index in [0.29, 0.717) is 5.92 Å². The molecule has 0 bridgehead atoms. The Hall–Kier alpha value is -1.92. The van der Waals surface area contributed by atoms with Crippen molar-refractivity contribution in [2.75, 3.05) is 34.3 Å². The molecule has 6 nitrogen and oxygen atoms in total. The normalized spacial score (nSPS) is 29.0. The highest BCUT2D eigenvalue weighted by Gasteiger charge is 2.41. The molecule has 1 aromatic carbocycles. The van der Waals surface area contributed by atoms with Gasteiger partial charge in [-0.25, -0.2) is 0 Å². The summed E-state index contributed by atoms with van der Waals surface area (Å²) in [7, 11) is 5.89. The second-order valence-corrected chi connectivity index (χ2v) is 8.01. The molecule has 0 spiro atoms. The summed E-state index contributed by atoms with van der Waals surface area (Å²) in [5.74, 6) is 0.241. The van der Waals surface area contributed by atoms with E-state index in [1.54, 1.807) is 11.9 Å². The summed E-state index contributed by atoms with van der Waals surface area (Å²) in [6.07, 6.45) is 3.81. The molecule has 2 amide bonds. The average molecular weight is 373 g/mol. The van der Waals surface area contributed by atoms with Crippen LogP contribution >= 0.6 is 0 Å². The Labute approximate surface area is 161 Å². The first-order chi connectivity index (χ1) is 13.0. The molecule has 6 heteroatoms. The van der Waals surface area contributed by atoms with Crippen molar-refractivity contribution in [2.24, 2.45) is 5.92 Å². The molecule has 1 saturated carbocycles. The fourth-order valence-corrected chi connectivity index (χ4v) is 4.33. The molecule has 2 fully saturated rings. The van der Waals surface area contributed by atoms with Crippen molar-refractivity contribution in [1.82, 2.24) is 15.1 Å². The first kappa shape index (κ1) is 19.8. The molecule has 0 aromatic heterocycles. The maximum atomic E-state index is 13.1. The monoisotopic (exact) mass is 373 g/mol. The Morgan fingerprint density at radius 3 is 2.63 bits per heavy atom. The van der Waals surface area contributed by atoms with Crippen LogP contribution in [0.2, 0.25) is 0 Å². The fraction of sp³-hybridized carbons (Fsp3) is 0.619. The molecule has 3 rings (SSSR count). The first-order valence-corrected chi connectivity index (χ1v) is 9.84. The third-order valence-electron chi connectivity index (χ3n) is 5.72. The van der Waals surface area contributed by atoms with Crippen molar-refractivity contribution in [3.8, 4) is 0 Å². The van der Waals surface area contributed by atoms with Crippen molar-refractivity contribution in [2.45, 2.75) is 43.9 Å². The van der Waals surface area contributed by atoms with Gasteiger partial charge in [-0.3, -0.25) is 9.59 Å². The van der Waals surface area contributed by atoms with E-state index in [2.05, 4.69) is 24.3 Å². The van der Waals surface area contributed by atoms with Crippen molar-refractivity contribution >= 4 is 11.8 Å². The van der Waals surface area contributed by atoms with Gasteiger partial charge >= 0.3 is 0 Å². The maximum Gasteiger partial charge on any atom is 0.251 e. The minimum atomic E-state index is -0.683. The number of carbonyl (C=O) groups is 2. The van der Waals surface area contributed by atoms with E-state index in [4.69, 9.17) is 4.74 Å². The van der Waals surface area contributed by atoms with Gasteiger partial charge < -0.3 is 19.9 Å². The third-order valence-corrected chi connectivity index (χ3v) is 5.72. The van der Waals surface area contributed by atoms with Gasteiger partial charge in [0.1, 0.15) is 6.61 Å². The van der Waals surface area contributed by atoms with Crippen LogP contribution in [-0.4, -0.2) is 68.1 Å². The second kappa shape index (κ2) is 8.85. The Bertz CT molecular complexity index is 649. The molecule has 1 aromatic rings. The van der Waals surface area contributed by atoms with Crippen LogP contribution in [-0.2, 0) is 14.3 Å². The van der Waals surface area contributed by atoms with Crippen LogP contribution in [0.1, 0.15) is 37.3 Å². The number of hydrogen-bond acceptors (Lipinski definition) is 4. The smallest absolute Gasteiger partial charge is 0.251 e. The van der Waals surface area contributed by atoms with E-state index in [0.717, 1.165) is 31.4 Å². The van der Waals surface area contributed by atoms with Crippen molar-refractivity contribution < 1.29 is 14.3 Å². The van der Waals surface area contributed by atoms with Gasteiger partial charge in [0.15, 0.2) is 6.10 Å². The van der Waals surface area contributed by atoms with E-state index < -0.39 is 12.1 Å². The van der Waals surface area contributed by atoms with Crippen LogP contribution in [0.5, 0.6) is 0 Å². The lowest BCUT2D eigenvalue weighted by atomic mass is 9.84. The third kappa shape index (κ3) is 4.68. The molecule has 4 atom stereocenters. The lowest BCUT2D eigenvalue weighted by Gasteiger charge is -2.40. The number of benzene rings is 1. The quantitative estimate of drug-likeness (QED) is 0.855. The predicted molar refractivity (Wildman–Crippen MR) is 104 cm³/mol. The standard InChI is InChI=1S/C21H31N3O3/c1-23(2)13-16-11-7-8-12-17(16)22-21(26)20-19(15-9-5-4-6-10-15)24(3)18(25)14-27-20/h4-6,9-10,16-17,19-20H,7-8,11-14H2,1-3H3,(H,22,26). The fourth-order valence-electron chi connectivity index (χ4n) is 4.33. The number of hydrogen-bond donors (Lipinski definition) is 1. The highest BCUT2D eigenvalue weighted by Crippen LogP contribution is 2.30. The largest absolute Gasteiger partial charge is 0.356 e. The number of nitrogens with zero attached hydrogens (tertiary/aromatic N) is 2. The highest BCUT2D eigenvalue weighted by molar-refractivity contribution is 5.86. The van der Waals surface area contributed by atoms with E-state index in [9.17, 15) is 9.59 Å². The number of morpholine rings is 1. The Morgan fingerprint density at radius 1 is 1.22 bits per heavy atom. The number of likely N-dealkylation sites (N-methyl/N-ethyl adjacent to an activating group) is 1. The molecular formula is C21H31N3O3. The summed E-state index contributed by atoms with van der Waals surface area (Å²) in [4.78, 5) is 29.1. The van der Waals surface area contributed by atoms with E-state index >= 15 is 0 Å². The SMILES string of the molecule is CN(C)CC1CCCCC1NC(=O)C1OCC(=O)N(C)C1c1ccccc1. The maximum absolute atomic E-state index is 13.1. The van der Waals surface area contributed by atoms with Crippen LogP contribution in [0.3, 0.4) is 0 Å². The zero-order valence-corrected chi connectivity index (χ0v) is 16.6. The van der Waals surface area contributed by atoms with Gasteiger partial charge in [-0.15, -0.1) is 0 Å². The number of amides is 2. The molecule has 0 radical (unpaired) electrons. The lowest BCUT2D eigenvalue weighted by molar-refractivity contribution is -0.162. The van der Waals surface area contributed by atoms with Crippen LogP contribution in [0.4, 0.5) is 0 Å². The van der Waals surface area contributed by atoms with Gasteiger partial charge in [0.2, 0.25) is 5.91 Å². The van der Waals surface area contributed by atoms with Gasteiger partial charge in [-0.05, 0) is 38.4 Å². The molecule has 4 unspecified atom stereocenters. The van der Waals surface area contributed by atoms with Gasteiger partial charge in [-0.1, -0.05) is 43.2 Å². The minimum absolute atomic E-state index is 0.0519. The highest BCUT2D eigenvalue weighted by atomic mass is 16.5. The summed E-state index contributed by atoms with van der Waals surface area (Å²) < 4.78 is 5.73. The Morgan fingerprint density at radius 2 is 1.93 bits per heavy atom. The molecule has 1 aliphatic carbocycles. The molecule has 1 saturated heterocycles. The predicted octanol–water partition coefficient (Wildman–Crippen LogP) is 1.82. The molecular weight excluding hydrogens is 342 g/mol. The zero-order chi connectivity index (χ0) is 19.4. The van der Waals surface area contributed by atoms with Gasteiger partial charge in [0, 0.05) is 19.6 Å². The Balaban J connectivity index is 1.76. The summed E-state index contributed by atoms with van der Waals surface area (Å²) in [5.41, 5.74) is 0.918. The number of ether oxygens (including phenoxy) is 1. The van der Waals surface area contributed by atoms with Crippen molar-refractivity contribution in [1.29, 1.82) is 0 Å². The van der Waals surface area contributed by atoms with Crippen LogP contribution in [0.15, 0.2) is 30.3 Å². The van der Waals surface area contributed by atoms with Crippen LogP contribution < -0.4 is 5.32 Å². The summed E-state index contributed by atoms with van der Waals surface area (Å²) >= 11 is 0.